The molecule has 4 N–H and O–H groups in total. The number of halogens is 2. The Morgan fingerprint density at radius 3 is 2.54 bits per heavy atom. The highest BCUT2D eigenvalue weighted by molar-refractivity contribution is 6.42. The molecule has 4 rings (SSSR count). The van der Waals surface area contributed by atoms with E-state index >= 15 is 0 Å². The molecule has 2 atom stereocenters. The van der Waals surface area contributed by atoms with Crippen molar-refractivity contribution in [1.29, 1.82) is 0 Å². The van der Waals surface area contributed by atoms with Gasteiger partial charge in [-0.05, 0) is 79.3 Å². The monoisotopic (exact) mass is 568 g/mol. The van der Waals surface area contributed by atoms with E-state index in [1.165, 1.54) is 5.56 Å². The number of fused-ring (bicyclic) bond motifs is 1. The second-order valence-corrected chi connectivity index (χ2v) is 10.6. The number of hydrogen-bond acceptors (Lipinski definition) is 4. The average molecular weight is 570 g/mol. The smallest absolute Gasteiger partial charge is 0.322 e. The SMILES string of the molecule is CC[C@@H](C)N(C[C@@H](O)c1ccc(Cl)c(Cl)c1)C(=O)Nc1ccc(CCNC(=O)c2ccc3c(c2)NCC3)cc1. The number of carbonyl (C=O) groups excluding carboxylic acids is 2. The Hall–Kier alpha value is -3.26. The van der Waals surface area contributed by atoms with E-state index in [-0.39, 0.29) is 24.5 Å². The fourth-order valence-electron chi connectivity index (χ4n) is 4.50. The van der Waals surface area contributed by atoms with Crippen LogP contribution in [0.15, 0.2) is 60.7 Å². The van der Waals surface area contributed by atoms with E-state index in [0.29, 0.717) is 39.8 Å². The second-order valence-electron chi connectivity index (χ2n) is 9.78. The van der Waals surface area contributed by atoms with Crippen LogP contribution in [0.5, 0.6) is 0 Å². The van der Waals surface area contributed by atoms with Crippen LogP contribution in [0.1, 0.15) is 53.4 Å². The Balaban J connectivity index is 1.30. The van der Waals surface area contributed by atoms with Crippen LogP contribution in [0.3, 0.4) is 0 Å². The molecule has 3 amide bonds. The molecule has 39 heavy (non-hydrogen) atoms. The molecule has 3 aromatic rings. The van der Waals surface area contributed by atoms with Crippen LogP contribution in [-0.2, 0) is 12.8 Å². The molecule has 0 fully saturated rings. The van der Waals surface area contributed by atoms with E-state index in [1.807, 2.05) is 56.3 Å². The molecule has 0 saturated carbocycles. The van der Waals surface area contributed by atoms with Gasteiger partial charge < -0.3 is 26.0 Å². The lowest BCUT2D eigenvalue weighted by Gasteiger charge is -2.31. The van der Waals surface area contributed by atoms with Crippen molar-refractivity contribution in [3.05, 3.63) is 93.0 Å². The number of nitrogens with one attached hydrogen (secondary N) is 3. The maximum atomic E-state index is 13.1. The Labute approximate surface area is 239 Å². The van der Waals surface area contributed by atoms with E-state index in [0.717, 1.165) is 30.6 Å². The number of aliphatic hydroxyl groups excluding tert-OH is 1. The lowest BCUT2D eigenvalue weighted by Crippen LogP contribution is -2.43. The van der Waals surface area contributed by atoms with E-state index < -0.39 is 6.10 Å². The highest BCUT2D eigenvalue weighted by Gasteiger charge is 2.23. The highest BCUT2D eigenvalue weighted by atomic mass is 35.5. The van der Waals surface area contributed by atoms with Gasteiger partial charge >= 0.3 is 6.03 Å². The molecule has 0 spiro atoms. The minimum Gasteiger partial charge on any atom is -0.387 e. The standard InChI is InChI=1S/C30H34Cl2N4O3/c1-3-19(2)36(18-28(37)22-8-11-25(31)26(32)16-22)30(39)35-24-9-4-20(5-10-24)12-14-34-29(38)23-7-6-21-13-15-33-27(21)17-23/h4-11,16-17,19,28,33,37H,3,12-15,18H2,1-2H3,(H,34,38)(H,35,39)/t19-,28-/m1/s1. The van der Waals surface area contributed by atoms with Gasteiger partial charge in [-0.2, -0.15) is 0 Å². The molecule has 1 aliphatic rings. The summed E-state index contributed by atoms with van der Waals surface area (Å²) in [6.07, 6.45) is 1.47. The zero-order chi connectivity index (χ0) is 27.9. The first-order valence-electron chi connectivity index (χ1n) is 13.2. The third-order valence-electron chi connectivity index (χ3n) is 7.07. The van der Waals surface area contributed by atoms with Gasteiger partial charge in [0.2, 0.25) is 0 Å². The van der Waals surface area contributed by atoms with Crippen LogP contribution in [0.4, 0.5) is 16.2 Å². The number of carbonyl (C=O) groups is 2. The van der Waals surface area contributed by atoms with Gasteiger partial charge in [-0.25, -0.2) is 4.79 Å². The van der Waals surface area contributed by atoms with Crippen LogP contribution in [0.2, 0.25) is 10.0 Å². The highest BCUT2D eigenvalue weighted by Crippen LogP contribution is 2.27. The molecule has 0 unspecified atom stereocenters. The van der Waals surface area contributed by atoms with Crippen LogP contribution < -0.4 is 16.0 Å². The van der Waals surface area contributed by atoms with Crippen LogP contribution in [0, 0.1) is 0 Å². The van der Waals surface area contributed by atoms with Gasteiger partial charge in [0.05, 0.1) is 22.7 Å². The zero-order valence-electron chi connectivity index (χ0n) is 22.1. The minimum atomic E-state index is -0.912. The van der Waals surface area contributed by atoms with Crippen molar-refractivity contribution in [1.82, 2.24) is 10.2 Å². The number of amides is 3. The molecule has 7 nitrogen and oxygen atoms in total. The Morgan fingerprint density at radius 2 is 1.82 bits per heavy atom. The van der Waals surface area contributed by atoms with E-state index in [2.05, 4.69) is 16.0 Å². The first kappa shape index (κ1) is 28.7. The van der Waals surface area contributed by atoms with Crippen molar-refractivity contribution in [2.75, 3.05) is 30.3 Å². The molecule has 0 aromatic heterocycles. The summed E-state index contributed by atoms with van der Waals surface area (Å²) >= 11 is 12.1. The third kappa shape index (κ3) is 7.44. The minimum absolute atomic E-state index is 0.0910. The quantitative estimate of drug-likeness (QED) is 0.231. The predicted octanol–water partition coefficient (Wildman–Crippen LogP) is 6.30. The molecule has 0 aliphatic carbocycles. The Bertz CT molecular complexity index is 1320. The van der Waals surface area contributed by atoms with E-state index in [9.17, 15) is 14.7 Å². The van der Waals surface area contributed by atoms with Crippen molar-refractivity contribution in [2.45, 2.75) is 45.3 Å². The lowest BCUT2D eigenvalue weighted by atomic mass is 10.1. The molecule has 3 aromatic carbocycles. The number of anilines is 2. The fraction of sp³-hybridized carbons (Fsp3) is 0.333. The first-order valence-corrected chi connectivity index (χ1v) is 13.9. The number of rotatable bonds is 10. The number of urea groups is 1. The van der Waals surface area contributed by atoms with Crippen molar-refractivity contribution < 1.29 is 14.7 Å². The summed E-state index contributed by atoms with van der Waals surface area (Å²) in [5.74, 6) is -0.0939. The Kier molecular flexibility index (Phi) is 9.73. The van der Waals surface area contributed by atoms with Crippen molar-refractivity contribution in [3.8, 4) is 0 Å². The largest absolute Gasteiger partial charge is 0.387 e. The molecule has 9 heteroatoms. The molecule has 0 saturated heterocycles. The fourth-order valence-corrected chi connectivity index (χ4v) is 4.81. The number of hydrogen-bond donors (Lipinski definition) is 4. The van der Waals surface area contributed by atoms with E-state index in [4.69, 9.17) is 23.2 Å². The normalized spacial score (nSPS) is 13.7. The van der Waals surface area contributed by atoms with Gasteiger partial charge in [0, 0.05) is 36.1 Å². The van der Waals surface area contributed by atoms with Gasteiger partial charge in [-0.3, -0.25) is 4.79 Å². The molecular formula is C30H34Cl2N4O3. The summed E-state index contributed by atoms with van der Waals surface area (Å²) in [4.78, 5) is 27.3. The summed E-state index contributed by atoms with van der Waals surface area (Å²) in [6.45, 7) is 5.45. The van der Waals surface area contributed by atoms with Gasteiger partial charge in [0.1, 0.15) is 0 Å². The summed E-state index contributed by atoms with van der Waals surface area (Å²) in [5.41, 5.74) is 5.21. The number of benzene rings is 3. The number of nitrogens with zero attached hydrogens (tertiary/aromatic N) is 1. The van der Waals surface area contributed by atoms with E-state index in [1.54, 1.807) is 23.1 Å². The molecule has 0 bridgehead atoms. The van der Waals surface area contributed by atoms with Gasteiger partial charge in [0.15, 0.2) is 0 Å². The maximum Gasteiger partial charge on any atom is 0.322 e. The van der Waals surface area contributed by atoms with Crippen molar-refractivity contribution >= 4 is 46.5 Å². The molecule has 1 aliphatic heterocycles. The van der Waals surface area contributed by atoms with Crippen molar-refractivity contribution in [2.24, 2.45) is 0 Å². The predicted molar refractivity (Wildman–Crippen MR) is 158 cm³/mol. The maximum absolute atomic E-state index is 13.1. The Morgan fingerprint density at radius 1 is 1.05 bits per heavy atom. The first-order chi connectivity index (χ1) is 18.7. The van der Waals surface area contributed by atoms with Crippen LogP contribution in [-0.4, -0.2) is 47.6 Å². The summed E-state index contributed by atoms with van der Waals surface area (Å²) in [6, 6.07) is 17.9. The molecule has 206 valence electrons. The average Bonchev–Trinajstić information content (AvgIpc) is 3.41. The topological polar surface area (TPSA) is 93.7 Å². The third-order valence-corrected chi connectivity index (χ3v) is 7.81. The summed E-state index contributed by atoms with van der Waals surface area (Å²) in [5, 5.41) is 20.7. The second kappa shape index (κ2) is 13.2. The van der Waals surface area contributed by atoms with Gasteiger partial charge in [0.25, 0.3) is 5.91 Å². The number of aliphatic hydroxyl groups is 1. The summed E-state index contributed by atoms with van der Waals surface area (Å²) < 4.78 is 0. The molecular weight excluding hydrogens is 535 g/mol. The van der Waals surface area contributed by atoms with Gasteiger partial charge in [-0.1, -0.05) is 54.4 Å². The molecule has 1 heterocycles. The zero-order valence-corrected chi connectivity index (χ0v) is 23.6. The lowest BCUT2D eigenvalue weighted by molar-refractivity contribution is 0.0954. The van der Waals surface area contributed by atoms with Crippen LogP contribution in [0.25, 0.3) is 0 Å². The van der Waals surface area contributed by atoms with Crippen molar-refractivity contribution in [3.63, 3.8) is 0 Å². The van der Waals surface area contributed by atoms with Gasteiger partial charge in [-0.15, -0.1) is 0 Å². The molecule has 0 radical (unpaired) electrons. The summed E-state index contributed by atoms with van der Waals surface area (Å²) in [7, 11) is 0. The van der Waals surface area contributed by atoms with Crippen LogP contribution >= 0.6 is 23.2 Å².